The highest BCUT2D eigenvalue weighted by Crippen LogP contribution is 2.02. The third kappa shape index (κ3) is 8.99. The fourth-order valence-electron chi connectivity index (χ4n) is 1.16. The van der Waals surface area contributed by atoms with Gasteiger partial charge in [0.1, 0.15) is 31.3 Å². The second-order valence-corrected chi connectivity index (χ2v) is 5.78. The van der Waals surface area contributed by atoms with Gasteiger partial charge in [-0.1, -0.05) is 0 Å². The Morgan fingerprint density at radius 3 is 1.38 bits per heavy atom. The van der Waals surface area contributed by atoms with Crippen LogP contribution in [0.3, 0.4) is 0 Å². The molecule has 6 N–H and O–H groups in total. The van der Waals surface area contributed by atoms with Crippen LogP contribution in [0.4, 0.5) is 0 Å². The first-order valence-electron chi connectivity index (χ1n) is 6.89. The van der Waals surface area contributed by atoms with Crippen LogP contribution in [0.2, 0.25) is 0 Å². The highest BCUT2D eigenvalue weighted by molar-refractivity contribution is 7.80. The first-order valence-corrected chi connectivity index (χ1v) is 8.79. The van der Waals surface area contributed by atoms with Crippen LogP contribution in [-0.2, 0) is 28.6 Å². The summed E-state index contributed by atoms with van der Waals surface area (Å²) < 4.78 is 14.8. The number of hydrogen-bond donors (Lipinski definition) is 6. The fourth-order valence-corrected chi connectivity index (χ4v) is 1.60. The van der Waals surface area contributed by atoms with Crippen molar-refractivity contribution in [3.63, 3.8) is 0 Å². The Labute approximate surface area is 156 Å². The highest BCUT2D eigenvalue weighted by Gasteiger charge is 2.24. The standard InChI is InChI=1S/C12H23N3O6S3/c13-7(3-22)10(16)19-1-6(21-12(18)9(15)5-24)2-20-11(17)8(14)4-23/h6-9,22-24H,1-5,13-15H2/t7-,8-,9-/m0/s1. The van der Waals surface area contributed by atoms with Gasteiger partial charge in [0.05, 0.1) is 0 Å². The van der Waals surface area contributed by atoms with Crippen LogP contribution in [0.1, 0.15) is 0 Å². The van der Waals surface area contributed by atoms with Crippen LogP contribution in [0.25, 0.3) is 0 Å². The summed E-state index contributed by atoms with van der Waals surface area (Å²) in [5, 5.41) is 0. The number of ether oxygens (including phenoxy) is 3. The molecule has 140 valence electrons. The fraction of sp³-hybridized carbons (Fsp3) is 0.750. The minimum atomic E-state index is -1.06. The Hall–Kier alpha value is -0.660. The van der Waals surface area contributed by atoms with E-state index in [1.807, 2.05) is 0 Å². The molecule has 0 heterocycles. The third-order valence-corrected chi connectivity index (χ3v) is 3.78. The number of hydrogen-bond acceptors (Lipinski definition) is 12. The lowest BCUT2D eigenvalue weighted by Gasteiger charge is -2.21. The maximum absolute atomic E-state index is 11.7. The molecule has 12 heteroatoms. The smallest absolute Gasteiger partial charge is 0.324 e. The normalized spacial score (nSPS) is 14.6. The second-order valence-electron chi connectivity index (χ2n) is 4.69. The van der Waals surface area contributed by atoms with E-state index in [1.165, 1.54) is 0 Å². The lowest BCUT2D eigenvalue weighted by atomic mass is 10.3. The van der Waals surface area contributed by atoms with E-state index < -0.39 is 42.1 Å². The van der Waals surface area contributed by atoms with Crippen molar-refractivity contribution in [2.45, 2.75) is 24.2 Å². The summed E-state index contributed by atoms with van der Waals surface area (Å²) in [7, 11) is 0. The summed E-state index contributed by atoms with van der Waals surface area (Å²) >= 11 is 11.6. The Morgan fingerprint density at radius 1 is 0.708 bits per heavy atom. The Bertz CT molecular complexity index is 403. The number of thiol groups is 3. The van der Waals surface area contributed by atoms with E-state index in [-0.39, 0.29) is 30.5 Å². The van der Waals surface area contributed by atoms with Gasteiger partial charge in [-0.05, 0) is 0 Å². The average molecular weight is 402 g/mol. The molecule has 0 aliphatic carbocycles. The van der Waals surface area contributed by atoms with Crippen molar-refractivity contribution in [3.05, 3.63) is 0 Å². The zero-order chi connectivity index (χ0) is 18.7. The maximum atomic E-state index is 11.7. The topological polar surface area (TPSA) is 157 Å². The first-order chi connectivity index (χ1) is 11.3. The van der Waals surface area contributed by atoms with Crippen LogP contribution >= 0.6 is 37.9 Å². The van der Waals surface area contributed by atoms with Gasteiger partial charge in [-0.25, -0.2) is 0 Å². The predicted octanol–water partition coefficient (Wildman–Crippen LogP) is -2.24. The van der Waals surface area contributed by atoms with E-state index in [0.29, 0.717) is 0 Å². The van der Waals surface area contributed by atoms with Crippen LogP contribution in [-0.4, -0.2) is 72.6 Å². The van der Waals surface area contributed by atoms with Gasteiger partial charge in [0.25, 0.3) is 0 Å². The minimum absolute atomic E-state index is 0.0557. The van der Waals surface area contributed by atoms with E-state index in [9.17, 15) is 14.4 Å². The Morgan fingerprint density at radius 2 is 1.04 bits per heavy atom. The van der Waals surface area contributed by atoms with E-state index in [1.54, 1.807) is 0 Å². The molecule has 0 fully saturated rings. The largest absolute Gasteiger partial charge is 0.460 e. The number of esters is 3. The second kappa shape index (κ2) is 12.7. The molecule has 0 aromatic rings. The molecule has 0 unspecified atom stereocenters. The molecule has 9 nitrogen and oxygen atoms in total. The molecule has 0 bridgehead atoms. The van der Waals surface area contributed by atoms with Crippen LogP contribution in [0, 0.1) is 0 Å². The molecule has 0 saturated heterocycles. The van der Waals surface area contributed by atoms with Gasteiger partial charge in [-0.2, -0.15) is 37.9 Å². The minimum Gasteiger partial charge on any atom is -0.460 e. The van der Waals surface area contributed by atoms with Gasteiger partial charge < -0.3 is 31.4 Å². The zero-order valence-corrected chi connectivity index (χ0v) is 15.6. The van der Waals surface area contributed by atoms with Gasteiger partial charge >= 0.3 is 17.9 Å². The predicted molar refractivity (Wildman–Crippen MR) is 97.3 cm³/mol. The molecule has 0 rings (SSSR count). The van der Waals surface area contributed by atoms with Crippen molar-refractivity contribution < 1.29 is 28.6 Å². The molecule has 0 saturated carbocycles. The molecular weight excluding hydrogens is 378 g/mol. The summed E-state index contributed by atoms with van der Waals surface area (Å²) in [5.41, 5.74) is 16.4. The van der Waals surface area contributed by atoms with Gasteiger partial charge in [-0.3, -0.25) is 14.4 Å². The monoisotopic (exact) mass is 401 g/mol. The van der Waals surface area contributed by atoms with E-state index in [4.69, 9.17) is 31.4 Å². The molecule has 0 aromatic carbocycles. The SMILES string of the molecule is N[C@@H](CS)C(=O)OCC(COC(=O)[C@@H](N)CS)OC(=O)[C@@H](N)CS. The number of rotatable bonds is 11. The van der Waals surface area contributed by atoms with Crippen molar-refractivity contribution >= 4 is 55.8 Å². The molecule has 0 aliphatic heterocycles. The molecule has 0 spiro atoms. The number of carbonyl (C=O) groups is 3. The van der Waals surface area contributed by atoms with Crippen LogP contribution in [0.5, 0.6) is 0 Å². The summed E-state index contributed by atoms with van der Waals surface area (Å²) in [6.45, 7) is -0.733. The van der Waals surface area contributed by atoms with Crippen molar-refractivity contribution in [2.24, 2.45) is 17.2 Å². The van der Waals surface area contributed by atoms with Crippen molar-refractivity contribution in [1.29, 1.82) is 0 Å². The third-order valence-electron chi connectivity index (χ3n) is 2.60. The molecule has 0 amide bonds. The lowest BCUT2D eigenvalue weighted by molar-refractivity contribution is -0.167. The summed E-state index contributed by atoms with van der Waals surface area (Å²) in [4.78, 5) is 34.8. The summed E-state index contributed by atoms with van der Waals surface area (Å²) in [5.74, 6) is -2.02. The first kappa shape index (κ1) is 23.3. The molecule has 24 heavy (non-hydrogen) atoms. The Balaban J connectivity index is 4.67. The van der Waals surface area contributed by atoms with Gasteiger partial charge in [0, 0.05) is 17.3 Å². The van der Waals surface area contributed by atoms with Crippen molar-refractivity contribution in [1.82, 2.24) is 0 Å². The maximum Gasteiger partial charge on any atom is 0.324 e. The van der Waals surface area contributed by atoms with Crippen LogP contribution in [0.15, 0.2) is 0 Å². The average Bonchev–Trinajstić information content (AvgIpc) is 2.60. The summed E-state index contributed by atoms with van der Waals surface area (Å²) in [6, 6.07) is -2.82. The van der Waals surface area contributed by atoms with Gasteiger partial charge in [-0.15, -0.1) is 0 Å². The molecule has 0 aliphatic rings. The highest BCUT2D eigenvalue weighted by atomic mass is 32.1. The number of nitrogens with two attached hydrogens (primary N) is 3. The molecule has 0 radical (unpaired) electrons. The Kier molecular flexibility index (Phi) is 12.3. The van der Waals surface area contributed by atoms with Crippen molar-refractivity contribution in [3.8, 4) is 0 Å². The zero-order valence-electron chi connectivity index (χ0n) is 12.9. The molecule has 0 aromatic heterocycles. The van der Waals surface area contributed by atoms with Crippen LogP contribution < -0.4 is 17.2 Å². The quantitative estimate of drug-likeness (QED) is 0.128. The van der Waals surface area contributed by atoms with Crippen molar-refractivity contribution in [2.75, 3.05) is 30.5 Å². The van der Waals surface area contributed by atoms with E-state index >= 15 is 0 Å². The molecule has 3 atom stereocenters. The van der Waals surface area contributed by atoms with E-state index in [0.717, 1.165) is 0 Å². The summed E-state index contributed by atoms with van der Waals surface area (Å²) in [6.07, 6.45) is -1.06. The number of carbonyl (C=O) groups excluding carboxylic acids is 3. The molecular formula is C12H23N3O6S3. The van der Waals surface area contributed by atoms with E-state index in [2.05, 4.69) is 37.9 Å². The van der Waals surface area contributed by atoms with Gasteiger partial charge in [0.2, 0.25) is 0 Å². The lowest BCUT2D eigenvalue weighted by Crippen LogP contribution is -2.42. The van der Waals surface area contributed by atoms with Gasteiger partial charge in [0.15, 0.2) is 6.10 Å².